The molecule has 0 saturated heterocycles. The van der Waals surface area contributed by atoms with Crippen molar-refractivity contribution in [3.05, 3.63) is 39.0 Å². The molecule has 13 heavy (non-hydrogen) atoms. The molecule has 0 aliphatic heterocycles. The number of H-pyrrole nitrogens is 1. The predicted molar refractivity (Wildman–Crippen MR) is 53.2 cm³/mol. The molecular weight excluding hydrogens is 208 g/mol. The molecule has 0 atom stereocenters. The van der Waals surface area contributed by atoms with Crippen LogP contribution in [0.3, 0.4) is 0 Å². The summed E-state index contributed by atoms with van der Waals surface area (Å²) in [5, 5.41) is 7.50. The number of aromatic nitrogens is 2. The van der Waals surface area contributed by atoms with Crippen LogP contribution in [0.15, 0.2) is 29.1 Å². The van der Waals surface area contributed by atoms with Gasteiger partial charge in [0.15, 0.2) is 0 Å². The largest absolute Gasteiger partial charge is 0.322 e. The van der Waals surface area contributed by atoms with E-state index in [0.29, 0.717) is 10.0 Å². The Kier molecular flexibility index (Phi) is 2.16. The van der Waals surface area contributed by atoms with Crippen LogP contribution >= 0.6 is 22.9 Å². The van der Waals surface area contributed by atoms with E-state index in [1.54, 1.807) is 12.1 Å². The first-order valence-electron chi connectivity index (χ1n) is 3.57. The van der Waals surface area contributed by atoms with Crippen LogP contribution in [0.2, 0.25) is 5.02 Å². The molecule has 1 aromatic heterocycles. The van der Waals surface area contributed by atoms with Crippen LogP contribution in [0, 0.1) is 0 Å². The Balaban J connectivity index is 2.52. The number of halogens is 1. The third kappa shape index (κ3) is 1.79. The van der Waals surface area contributed by atoms with E-state index in [-0.39, 0.29) is 4.87 Å². The van der Waals surface area contributed by atoms with Gasteiger partial charge < -0.3 is 0 Å². The van der Waals surface area contributed by atoms with Gasteiger partial charge in [0, 0.05) is 10.6 Å². The second-order valence-corrected chi connectivity index (χ2v) is 3.83. The lowest BCUT2D eigenvalue weighted by atomic mass is 10.2. The Morgan fingerprint density at radius 1 is 1.46 bits per heavy atom. The average molecular weight is 213 g/mol. The van der Waals surface area contributed by atoms with Gasteiger partial charge in [-0.2, -0.15) is 5.10 Å². The average Bonchev–Trinajstić information content (AvgIpc) is 2.52. The molecular formula is C8H5ClN2OS. The van der Waals surface area contributed by atoms with Crippen LogP contribution in [-0.4, -0.2) is 10.2 Å². The van der Waals surface area contributed by atoms with E-state index in [1.165, 1.54) is 0 Å². The topological polar surface area (TPSA) is 45.8 Å². The van der Waals surface area contributed by atoms with Gasteiger partial charge in [0.1, 0.15) is 5.01 Å². The Morgan fingerprint density at radius 2 is 2.31 bits per heavy atom. The highest BCUT2D eigenvalue weighted by Crippen LogP contribution is 2.21. The van der Waals surface area contributed by atoms with Gasteiger partial charge >= 0.3 is 4.87 Å². The Bertz CT molecular complexity index is 477. The van der Waals surface area contributed by atoms with Crippen molar-refractivity contribution < 1.29 is 0 Å². The molecule has 0 aliphatic rings. The summed E-state index contributed by atoms with van der Waals surface area (Å²) < 4.78 is 0. The van der Waals surface area contributed by atoms with Gasteiger partial charge in [0.2, 0.25) is 0 Å². The summed E-state index contributed by atoms with van der Waals surface area (Å²) >= 11 is 6.86. The fourth-order valence-electron chi connectivity index (χ4n) is 0.975. The number of benzene rings is 1. The van der Waals surface area contributed by atoms with Crippen molar-refractivity contribution in [1.82, 2.24) is 10.2 Å². The molecule has 0 fully saturated rings. The zero-order valence-electron chi connectivity index (χ0n) is 6.45. The molecule has 0 aliphatic carbocycles. The number of nitrogens with one attached hydrogen (secondary N) is 1. The standard InChI is InChI=1S/C8H5ClN2OS/c9-6-3-1-2-5(4-6)7-10-11-8(12)13-7/h1-4H,(H,11,12). The summed E-state index contributed by atoms with van der Waals surface area (Å²) in [6, 6.07) is 7.23. The fraction of sp³-hybridized carbons (Fsp3) is 0. The zero-order chi connectivity index (χ0) is 9.26. The highest BCUT2D eigenvalue weighted by atomic mass is 35.5. The highest BCUT2D eigenvalue weighted by Gasteiger charge is 2.02. The minimum Gasteiger partial charge on any atom is -0.255 e. The maximum Gasteiger partial charge on any atom is 0.322 e. The van der Waals surface area contributed by atoms with Crippen molar-refractivity contribution in [2.24, 2.45) is 0 Å². The van der Waals surface area contributed by atoms with Crippen molar-refractivity contribution in [1.29, 1.82) is 0 Å². The molecule has 0 saturated carbocycles. The van der Waals surface area contributed by atoms with Gasteiger partial charge in [-0.25, -0.2) is 5.10 Å². The minimum atomic E-state index is -0.157. The lowest BCUT2D eigenvalue weighted by Gasteiger charge is -1.94. The number of rotatable bonds is 1. The summed E-state index contributed by atoms with van der Waals surface area (Å²) in [5.74, 6) is 0. The van der Waals surface area contributed by atoms with E-state index >= 15 is 0 Å². The van der Waals surface area contributed by atoms with Gasteiger partial charge in [0.25, 0.3) is 0 Å². The molecule has 0 unspecified atom stereocenters. The summed E-state index contributed by atoms with van der Waals surface area (Å²) in [7, 11) is 0. The Hall–Kier alpha value is -1.13. The van der Waals surface area contributed by atoms with E-state index in [4.69, 9.17) is 11.6 Å². The van der Waals surface area contributed by atoms with E-state index < -0.39 is 0 Å². The van der Waals surface area contributed by atoms with Crippen molar-refractivity contribution in [2.75, 3.05) is 0 Å². The maximum atomic E-state index is 10.8. The van der Waals surface area contributed by atoms with Crippen LogP contribution < -0.4 is 4.87 Å². The van der Waals surface area contributed by atoms with Gasteiger partial charge in [-0.15, -0.1) is 0 Å². The third-order valence-corrected chi connectivity index (χ3v) is 2.54. The molecule has 1 aromatic carbocycles. The second-order valence-electron chi connectivity index (χ2n) is 2.43. The first-order valence-corrected chi connectivity index (χ1v) is 4.76. The molecule has 3 nitrogen and oxygen atoms in total. The molecule has 2 rings (SSSR count). The zero-order valence-corrected chi connectivity index (χ0v) is 8.02. The van der Waals surface area contributed by atoms with Gasteiger partial charge in [0.05, 0.1) is 0 Å². The predicted octanol–water partition coefficient (Wildman–Crippen LogP) is 2.15. The first kappa shape index (κ1) is 8.47. The van der Waals surface area contributed by atoms with Crippen molar-refractivity contribution in [3.63, 3.8) is 0 Å². The number of nitrogens with zero attached hydrogens (tertiary/aromatic N) is 1. The van der Waals surface area contributed by atoms with Gasteiger partial charge in [-0.3, -0.25) is 4.79 Å². The molecule has 66 valence electrons. The van der Waals surface area contributed by atoms with E-state index in [2.05, 4.69) is 10.2 Å². The lowest BCUT2D eigenvalue weighted by molar-refractivity contribution is 1.06. The number of hydrogen-bond donors (Lipinski definition) is 1. The van der Waals surface area contributed by atoms with E-state index in [1.807, 2.05) is 12.1 Å². The summed E-state index contributed by atoms with van der Waals surface area (Å²) in [6.07, 6.45) is 0. The maximum absolute atomic E-state index is 10.8. The molecule has 0 bridgehead atoms. The molecule has 0 radical (unpaired) electrons. The van der Waals surface area contributed by atoms with Crippen LogP contribution in [0.1, 0.15) is 0 Å². The SMILES string of the molecule is O=c1[nH]nc(-c2cccc(Cl)c2)s1. The molecule has 2 aromatic rings. The highest BCUT2D eigenvalue weighted by molar-refractivity contribution is 7.12. The van der Waals surface area contributed by atoms with Crippen LogP contribution in [0.4, 0.5) is 0 Å². The molecule has 0 amide bonds. The molecule has 5 heteroatoms. The first-order chi connectivity index (χ1) is 6.25. The normalized spacial score (nSPS) is 10.2. The lowest BCUT2D eigenvalue weighted by Crippen LogP contribution is -1.90. The van der Waals surface area contributed by atoms with E-state index in [9.17, 15) is 4.79 Å². The van der Waals surface area contributed by atoms with Gasteiger partial charge in [-0.1, -0.05) is 35.1 Å². The summed E-state index contributed by atoms with van der Waals surface area (Å²) in [4.78, 5) is 10.7. The summed E-state index contributed by atoms with van der Waals surface area (Å²) in [6.45, 7) is 0. The molecule has 0 spiro atoms. The molecule has 1 heterocycles. The van der Waals surface area contributed by atoms with Crippen LogP contribution in [-0.2, 0) is 0 Å². The smallest absolute Gasteiger partial charge is 0.255 e. The third-order valence-electron chi connectivity index (χ3n) is 1.51. The minimum absolute atomic E-state index is 0.157. The fourth-order valence-corrected chi connectivity index (χ4v) is 1.77. The van der Waals surface area contributed by atoms with Crippen LogP contribution in [0.25, 0.3) is 10.6 Å². The van der Waals surface area contributed by atoms with Crippen molar-refractivity contribution >= 4 is 22.9 Å². The number of hydrogen-bond acceptors (Lipinski definition) is 3. The summed E-state index contributed by atoms with van der Waals surface area (Å²) in [5.41, 5.74) is 0.857. The number of aromatic amines is 1. The second kappa shape index (κ2) is 3.32. The van der Waals surface area contributed by atoms with Crippen LogP contribution in [0.5, 0.6) is 0 Å². The quantitative estimate of drug-likeness (QED) is 0.788. The molecule has 1 N–H and O–H groups in total. The van der Waals surface area contributed by atoms with E-state index in [0.717, 1.165) is 16.9 Å². The van der Waals surface area contributed by atoms with Crippen molar-refractivity contribution in [2.45, 2.75) is 0 Å². The monoisotopic (exact) mass is 212 g/mol. The van der Waals surface area contributed by atoms with Crippen molar-refractivity contribution in [3.8, 4) is 10.6 Å². The Morgan fingerprint density at radius 3 is 2.92 bits per heavy atom. The Labute approximate surface area is 83.0 Å². The van der Waals surface area contributed by atoms with Gasteiger partial charge in [-0.05, 0) is 12.1 Å².